The van der Waals surface area contributed by atoms with Crippen molar-refractivity contribution in [2.75, 3.05) is 24.5 Å². The van der Waals surface area contributed by atoms with E-state index in [1.807, 2.05) is 18.2 Å². The average molecular weight is 354 g/mol. The predicted molar refractivity (Wildman–Crippen MR) is 91.3 cm³/mol. The van der Waals surface area contributed by atoms with Gasteiger partial charge in [0.1, 0.15) is 0 Å². The predicted octanol–water partition coefficient (Wildman–Crippen LogP) is 4.00. The first-order valence-electron chi connectivity index (χ1n) is 9.09. The van der Waals surface area contributed by atoms with Crippen LogP contribution in [0.25, 0.3) is 0 Å². The van der Waals surface area contributed by atoms with E-state index < -0.39 is 23.9 Å². The van der Waals surface area contributed by atoms with Gasteiger partial charge >= 0.3 is 6.18 Å². The molecule has 1 amide bonds. The molecule has 1 heterocycles. The van der Waals surface area contributed by atoms with Gasteiger partial charge < -0.3 is 10.2 Å². The molecule has 3 nitrogen and oxygen atoms in total. The van der Waals surface area contributed by atoms with Crippen LogP contribution in [0.4, 0.5) is 18.9 Å². The van der Waals surface area contributed by atoms with Gasteiger partial charge in [0, 0.05) is 31.2 Å². The molecule has 0 spiro atoms. The summed E-state index contributed by atoms with van der Waals surface area (Å²) in [5.41, 5.74) is 1.15. The van der Waals surface area contributed by atoms with Gasteiger partial charge in [-0.05, 0) is 37.3 Å². The minimum atomic E-state index is -4.28. The molecule has 0 aromatic heterocycles. The zero-order valence-electron chi connectivity index (χ0n) is 14.3. The van der Waals surface area contributed by atoms with E-state index in [-0.39, 0.29) is 12.3 Å². The molecule has 3 rings (SSSR count). The summed E-state index contributed by atoms with van der Waals surface area (Å²) < 4.78 is 39.4. The lowest BCUT2D eigenvalue weighted by Gasteiger charge is -2.32. The number of nitrogens with zero attached hydrogens (tertiary/aromatic N) is 1. The van der Waals surface area contributed by atoms with Crippen LogP contribution in [-0.4, -0.2) is 31.7 Å². The Morgan fingerprint density at radius 2 is 1.84 bits per heavy atom. The molecule has 1 aliphatic heterocycles. The van der Waals surface area contributed by atoms with Crippen molar-refractivity contribution in [1.82, 2.24) is 5.32 Å². The number of nitrogens with one attached hydrogen (secondary N) is 1. The zero-order chi connectivity index (χ0) is 17.9. The maximum Gasteiger partial charge on any atom is 0.392 e. The molecule has 0 unspecified atom stereocenters. The lowest BCUT2D eigenvalue weighted by molar-refractivity contribution is -0.198. The van der Waals surface area contributed by atoms with Gasteiger partial charge in [0.05, 0.1) is 5.92 Å². The second-order valence-electron chi connectivity index (χ2n) is 7.22. The van der Waals surface area contributed by atoms with E-state index >= 15 is 0 Å². The largest absolute Gasteiger partial charge is 0.392 e. The summed E-state index contributed by atoms with van der Waals surface area (Å²) in [4.78, 5) is 14.6. The number of rotatable bonds is 4. The Kier molecular flexibility index (Phi) is 5.54. The van der Waals surface area contributed by atoms with Crippen molar-refractivity contribution in [2.45, 2.75) is 38.3 Å². The van der Waals surface area contributed by atoms with Gasteiger partial charge in [-0.2, -0.15) is 13.2 Å². The standard InChI is InChI=1S/C19H25F3N2O/c20-19(21,22)17-9-5-4-8-16(17)18(25)23-12-14-10-11-24(13-14)15-6-2-1-3-7-15/h1-3,6-7,14,16-17H,4-5,8-13H2,(H,23,25)/t14-,16-,17+/m0/s1. The summed E-state index contributed by atoms with van der Waals surface area (Å²) in [6.45, 7) is 2.21. The van der Waals surface area contributed by atoms with Crippen LogP contribution in [0.2, 0.25) is 0 Å². The van der Waals surface area contributed by atoms with Gasteiger partial charge in [-0.25, -0.2) is 0 Å². The van der Waals surface area contributed by atoms with E-state index in [4.69, 9.17) is 0 Å². The highest BCUT2D eigenvalue weighted by molar-refractivity contribution is 5.79. The van der Waals surface area contributed by atoms with E-state index in [9.17, 15) is 18.0 Å². The normalized spacial score (nSPS) is 27.3. The van der Waals surface area contributed by atoms with Gasteiger partial charge in [-0.1, -0.05) is 31.0 Å². The molecule has 1 aromatic rings. The highest BCUT2D eigenvalue weighted by Gasteiger charge is 2.48. The Bertz CT molecular complexity index is 576. The van der Waals surface area contributed by atoms with Gasteiger partial charge in [0.15, 0.2) is 0 Å². The summed E-state index contributed by atoms with van der Waals surface area (Å²) in [5.74, 6) is -2.52. The molecule has 6 heteroatoms. The Morgan fingerprint density at radius 1 is 1.12 bits per heavy atom. The number of alkyl halides is 3. The number of anilines is 1. The second-order valence-corrected chi connectivity index (χ2v) is 7.22. The van der Waals surface area contributed by atoms with Crippen LogP contribution in [0.1, 0.15) is 32.1 Å². The number of para-hydroxylation sites is 1. The van der Waals surface area contributed by atoms with Gasteiger partial charge in [-0.15, -0.1) is 0 Å². The third kappa shape index (κ3) is 4.47. The van der Waals surface area contributed by atoms with Crippen molar-refractivity contribution in [3.63, 3.8) is 0 Å². The fraction of sp³-hybridized carbons (Fsp3) is 0.632. The van der Waals surface area contributed by atoms with Gasteiger partial charge in [0.2, 0.25) is 5.91 Å². The number of carbonyl (C=O) groups is 1. The molecule has 0 radical (unpaired) electrons. The van der Waals surface area contributed by atoms with Crippen LogP contribution < -0.4 is 10.2 Å². The third-order valence-electron chi connectivity index (χ3n) is 5.50. The maximum absolute atomic E-state index is 13.1. The van der Waals surface area contributed by atoms with Crippen LogP contribution >= 0.6 is 0 Å². The molecule has 1 aromatic carbocycles. The lowest BCUT2D eigenvalue weighted by atomic mass is 9.78. The number of carbonyl (C=O) groups excluding carboxylic acids is 1. The SMILES string of the molecule is O=C(NC[C@@H]1CCN(c2ccccc2)C1)[C@H]1CCCC[C@H]1C(F)(F)F. The van der Waals surface area contributed by atoms with Crippen LogP contribution in [-0.2, 0) is 4.79 Å². The number of amides is 1. The molecule has 1 saturated carbocycles. The summed E-state index contributed by atoms with van der Waals surface area (Å²) >= 11 is 0. The summed E-state index contributed by atoms with van der Waals surface area (Å²) in [7, 11) is 0. The zero-order valence-corrected chi connectivity index (χ0v) is 14.3. The average Bonchev–Trinajstić information content (AvgIpc) is 3.09. The van der Waals surface area contributed by atoms with Gasteiger partial charge in [-0.3, -0.25) is 4.79 Å². The van der Waals surface area contributed by atoms with Crippen LogP contribution in [0, 0.1) is 17.8 Å². The lowest BCUT2D eigenvalue weighted by Crippen LogP contribution is -2.43. The van der Waals surface area contributed by atoms with E-state index in [0.29, 0.717) is 25.8 Å². The smallest absolute Gasteiger partial charge is 0.371 e. The highest BCUT2D eigenvalue weighted by Crippen LogP contribution is 2.41. The Hall–Kier alpha value is -1.72. The van der Waals surface area contributed by atoms with Crippen molar-refractivity contribution in [1.29, 1.82) is 0 Å². The summed E-state index contributed by atoms with van der Waals surface area (Å²) in [6, 6.07) is 10.1. The monoisotopic (exact) mass is 354 g/mol. The first kappa shape index (κ1) is 18.1. The molecule has 0 bridgehead atoms. The number of hydrogen-bond donors (Lipinski definition) is 1. The topological polar surface area (TPSA) is 32.3 Å². The van der Waals surface area contributed by atoms with E-state index in [1.165, 1.54) is 0 Å². The minimum absolute atomic E-state index is 0.0762. The number of halogens is 3. The molecular formula is C19H25F3N2O. The van der Waals surface area contributed by atoms with E-state index in [0.717, 1.165) is 25.2 Å². The molecule has 1 aliphatic carbocycles. The quantitative estimate of drug-likeness (QED) is 0.886. The van der Waals surface area contributed by atoms with Crippen molar-refractivity contribution in [3.8, 4) is 0 Å². The summed E-state index contributed by atoms with van der Waals surface area (Å²) in [6.07, 6.45) is -1.65. The van der Waals surface area contributed by atoms with Crippen LogP contribution in [0.5, 0.6) is 0 Å². The maximum atomic E-state index is 13.1. The van der Waals surface area contributed by atoms with Crippen molar-refractivity contribution in [2.24, 2.45) is 17.8 Å². The molecule has 138 valence electrons. The minimum Gasteiger partial charge on any atom is -0.371 e. The second kappa shape index (κ2) is 7.67. The van der Waals surface area contributed by atoms with Gasteiger partial charge in [0.25, 0.3) is 0 Å². The van der Waals surface area contributed by atoms with Crippen LogP contribution in [0.3, 0.4) is 0 Å². The Labute approximate surface area is 146 Å². The fourth-order valence-corrected chi connectivity index (χ4v) is 4.09. The summed E-state index contributed by atoms with van der Waals surface area (Å²) in [5, 5.41) is 2.80. The van der Waals surface area contributed by atoms with Crippen molar-refractivity contribution in [3.05, 3.63) is 30.3 Å². The third-order valence-corrected chi connectivity index (χ3v) is 5.50. The Balaban J connectivity index is 1.51. The molecular weight excluding hydrogens is 329 g/mol. The van der Waals surface area contributed by atoms with Crippen molar-refractivity contribution < 1.29 is 18.0 Å². The molecule has 2 fully saturated rings. The first-order valence-corrected chi connectivity index (χ1v) is 9.09. The molecule has 1 N–H and O–H groups in total. The fourth-order valence-electron chi connectivity index (χ4n) is 4.09. The number of hydrogen-bond acceptors (Lipinski definition) is 2. The van der Waals surface area contributed by atoms with Crippen molar-refractivity contribution >= 4 is 11.6 Å². The molecule has 3 atom stereocenters. The first-order chi connectivity index (χ1) is 11.9. The van der Waals surface area contributed by atoms with E-state index in [1.54, 1.807) is 0 Å². The molecule has 25 heavy (non-hydrogen) atoms. The molecule has 2 aliphatic rings. The number of benzene rings is 1. The van der Waals surface area contributed by atoms with E-state index in [2.05, 4.69) is 22.3 Å². The highest BCUT2D eigenvalue weighted by atomic mass is 19.4. The van der Waals surface area contributed by atoms with Crippen LogP contribution in [0.15, 0.2) is 30.3 Å². The Morgan fingerprint density at radius 3 is 2.56 bits per heavy atom. The molecule has 1 saturated heterocycles.